The second kappa shape index (κ2) is 7.55. The maximum absolute atomic E-state index is 13.1. The molecule has 2 aromatic carbocycles. The molecule has 0 bridgehead atoms. The minimum absolute atomic E-state index is 0.0410. The van der Waals surface area contributed by atoms with Gasteiger partial charge in [0.05, 0.1) is 34.3 Å². The number of imidazole rings is 1. The van der Waals surface area contributed by atoms with Crippen molar-refractivity contribution in [2.24, 2.45) is 0 Å². The number of hydrogen-bond acceptors (Lipinski definition) is 2. The van der Waals surface area contributed by atoms with Crippen LogP contribution in [0.3, 0.4) is 0 Å². The normalized spacial score (nSPS) is 21.8. The van der Waals surface area contributed by atoms with E-state index in [9.17, 15) is 18.0 Å². The summed E-state index contributed by atoms with van der Waals surface area (Å²) < 4.78 is 41.4. The van der Waals surface area contributed by atoms with Gasteiger partial charge in [0.2, 0.25) is 0 Å². The Hall–Kier alpha value is -3.00. The predicted octanol–water partition coefficient (Wildman–Crippen LogP) is 6.04. The monoisotopic (exact) mass is 460 g/mol. The largest absolute Gasteiger partial charge is 0.417 e. The number of nitrogens with one attached hydrogen (secondary N) is 2. The van der Waals surface area contributed by atoms with Crippen LogP contribution in [0.1, 0.15) is 36.8 Å². The van der Waals surface area contributed by atoms with Gasteiger partial charge in [-0.2, -0.15) is 13.2 Å². The van der Waals surface area contributed by atoms with Crippen LogP contribution in [0.15, 0.2) is 55.0 Å². The number of carbonyl (C=O) groups excluding carboxylic acids is 1. The summed E-state index contributed by atoms with van der Waals surface area (Å²) in [4.78, 5) is 16.8. The van der Waals surface area contributed by atoms with Crippen molar-refractivity contribution in [3.8, 4) is 11.3 Å². The van der Waals surface area contributed by atoms with E-state index in [1.165, 1.54) is 17.2 Å². The van der Waals surface area contributed by atoms with Crippen LogP contribution in [0.4, 0.5) is 23.7 Å². The highest BCUT2D eigenvalue weighted by atomic mass is 35.5. The van der Waals surface area contributed by atoms with E-state index >= 15 is 0 Å². The van der Waals surface area contributed by atoms with Gasteiger partial charge in [0.25, 0.3) is 0 Å². The Kier molecular flexibility index (Phi) is 4.93. The fourth-order valence-corrected chi connectivity index (χ4v) is 5.22. The van der Waals surface area contributed by atoms with E-state index in [1.807, 2.05) is 24.7 Å². The second-order valence-corrected chi connectivity index (χ2v) is 8.70. The Labute approximate surface area is 187 Å². The summed E-state index contributed by atoms with van der Waals surface area (Å²) in [7, 11) is 0. The van der Waals surface area contributed by atoms with Crippen LogP contribution in [-0.4, -0.2) is 21.6 Å². The Morgan fingerprint density at radius 3 is 2.66 bits per heavy atom. The first kappa shape index (κ1) is 20.9. The molecule has 2 N–H and O–H groups in total. The Morgan fingerprint density at radius 1 is 1.16 bits per heavy atom. The van der Waals surface area contributed by atoms with Crippen molar-refractivity contribution in [2.45, 2.75) is 43.4 Å². The van der Waals surface area contributed by atoms with E-state index in [2.05, 4.69) is 32.3 Å². The number of anilines is 1. The Bertz CT molecular complexity index is 1180. The molecular weight excluding hydrogens is 441 g/mol. The van der Waals surface area contributed by atoms with Crippen molar-refractivity contribution in [3.05, 3.63) is 71.1 Å². The zero-order valence-electron chi connectivity index (χ0n) is 16.9. The molecule has 1 aliphatic carbocycles. The molecule has 2 heterocycles. The third-order valence-electron chi connectivity index (χ3n) is 6.48. The third kappa shape index (κ3) is 3.43. The highest BCUT2D eigenvalue weighted by Crippen LogP contribution is 2.50. The topological polar surface area (TPSA) is 59.0 Å². The zero-order valence-corrected chi connectivity index (χ0v) is 17.7. The molecular formula is C23H20ClF3N4O. The van der Waals surface area contributed by atoms with Gasteiger partial charge in [0, 0.05) is 17.3 Å². The van der Waals surface area contributed by atoms with E-state index in [1.54, 1.807) is 0 Å². The van der Waals surface area contributed by atoms with E-state index < -0.39 is 22.8 Å². The van der Waals surface area contributed by atoms with Gasteiger partial charge in [-0.05, 0) is 49.4 Å². The lowest BCUT2D eigenvalue weighted by Crippen LogP contribution is -2.45. The van der Waals surface area contributed by atoms with Gasteiger partial charge in [-0.1, -0.05) is 35.9 Å². The minimum atomic E-state index is -4.59. The molecule has 1 spiro atoms. The van der Waals surface area contributed by atoms with Gasteiger partial charge >= 0.3 is 12.2 Å². The SMILES string of the molecule is O=C(Nc1ccc(Cl)c(C(F)(F)F)c1)NC1CCC2(CC1)c1ccccc1-c1cncn12. The van der Waals surface area contributed by atoms with Crippen molar-refractivity contribution in [3.63, 3.8) is 0 Å². The number of rotatable bonds is 2. The van der Waals surface area contributed by atoms with Gasteiger partial charge in [-0.25, -0.2) is 9.78 Å². The molecule has 5 rings (SSSR count). The Balaban J connectivity index is 1.26. The summed E-state index contributed by atoms with van der Waals surface area (Å²) in [6.07, 6.45) is 2.31. The molecule has 166 valence electrons. The summed E-state index contributed by atoms with van der Waals surface area (Å²) in [5.74, 6) is 0. The first-order chi connectivity index (χ1) is 15.3. The number of halogens is 4. The number of hydrogen-bond donors (Lipinski definition) is 2. The molecule has 0 unspecified atom stereocenters. The van der Waals surface area contributed by atoms with Crippen molar-refractivity contribution < 1.29 is 18.0 Å². The van der Waals surface area contributed by atoms with E-state index in [0.717, 1.165) is 43.5 Å². The van der Waals surface area contributed by atoms with Gasteiger partial charge in [0.15, 0.2) is 0 Å². The lowest BCUT2D eigenvalue weighted by molar-refractivity contribution is -0.137. The summed E-state index contributed by atoms with van der Waals surface area (Å²) in [6, 6.07) is 11.0. The van der Waals surface area contributed by atoms with E-state index in [0.29, 0.717) is 0 Å². The maximum atomic E-state index is 13.1. The van der Waals surface area contributed by atoms with Gasteiger partial charge in [0.1, 0.15) is 0 Å². The first-order valence-electron chi connectivity index (χ1n) is 10.3. The molecule has 1 aromatic heterocycles. The van der Waals surface area contributed by atoms with Crippen molar-refractivity contribution >= 4 is 23.3 Å². The van der Waals surface area contributed by atoms with Crippen LogP contribution >= 0.6 is 11.6 Å². The lowest BCUT2D eigenvalue weighted by Gasteiger charge is -2.39. The van der Waals surface area contributed by atoms with E-state index in [4.69, 9.17) is 11.6 Å². The maximum Gasteiger partial charge on any atom is 0.417 e. The van der Waals surface area contributed by atoms with Crippen LogP contribution in [0.2, 0.25) is 5.02 Å². The molecule has 1 fully saturated rings. The molecule has 1 aliphatic heterocycles. The number of amides is 2. The number of nitrogens with zero attached hydrogens (tertiary/aromatic N) is 2. The number of fused-ring (bicyclic) bond motifs is 5. The van der Waals surface area contributed by atoms with E-state index in [-0.39, 0.29) is 17.3 Å². The molecule has 2 amide bonds. The average Bonchev–Trinajstić information content (AvgIpc) is 3.33. The minimum Gasteiger partial charge on any atom is -0.335 e. The lowest BCUT2D eigenvalue weighted by atomic mass is 9.75. The predicted molar refractivity (Wildman–Crippen MR) is 116 cm³/mol. The second-order valence-electron chi connectivity index (χ2n) is 8.29. The number of benzene rings is 2. The number of aromatic nitrogens is 2. The van der Waals surface area contributed by atoms with Crippen LogP contribution in [0.25, 0.3) is 11.3 Å². The molecule has 5 nitrogen and oxygen atoms in total. The summed E-state index contributed by atoms with van der Waals surface area (Å²) in [6.45, 7) is 0. The highest BCUT2D eigenvalue weighted by molar-refractivity contribution is 6.31. The molecule has 2 aliphatic rings. The quantitative estimate of drug-likeness (QED) is 0.489. The van der Waals surface area contributed by atoms with Gasteiger partial charge in [-0.3, -0.25) is 0 Å². The molecule has 0 atom stereocenters. The number of urea groups is 1. The molecule has 32 heavy (non-hydrogen) atoms. The molecule has 1 saturated carbocycles. The fraction of sp³-hybridized carbons (Fsp3) is 0.304. The van der Waals surface area contributed by atoms with Crippen LogP contribution in [0.5, 0.6) is 0 Å². The molecule has 9 heteroatoms. The van der Waals surface area contributed by atoms with Gasteiger partial charge in [-0.15, -0.1) is 0 Å². The van der Waals surface area contributed by atoms with Crippen LogP contribution < -0.4 is 10.6 Å². The fourth-order valence-electron chi connectivity index (χ4n) is 5.00. The standard InChI is InChI=1S/C23H20ClF3N4O/c24-19-6-5-15(11-18(19)23(25,26)27)30-21(32)29-14-7-9-22(10-8-14)17-4-2-1-3-16(17)20-12-28-13-31(20)22/h1-6,11-14H,7-10H2,(H2,29,30,32). The Morgan fingerprint density at radius 2 is 1.91 bits per heavy atom. The highest BCUT2D eigenvalue weighted by Gasteiger charge is 2.45. The molecule has 0 saturated heterocycles. The van der Waals surface area contributed by atoms with Gasteiger partial charge < -0.3 is 15.2 Å². The summed E-state index contributed by atoms with van der Waals surface area (Å²) in [5, 5.41) is 4.99. The van der Waals surface area contributed by atoms with Crippen molar-refractivity contribution in [1.29, 1.82) is 0 Å². The molecule has 3 aromatic rings. The van der Waals surface area contributed by atoms with Crippen molar-refractivity contribution in [2.75, 3.05) is 5.32 Å². The van der Waals surface area contributed by atoms with Crippen molar-refractivity contribution in [1.82, 2.24) is 14.9 Å². The smallest absolute Gasteiger partial charge is 0.335 e. The number of alkyl halides is 3. The first-order valence-corrected chi connectivity index (χ1v) is 10.7. The zero-order chi connectivity index (χ0) is 22.5. The molecule has 0 radical (unpaired) electrons. The van der Waals surface area contributed by atoms with Crippen LogP contribution in [0, 0.1) is 0 Å². The number of carbonyl (C=O) groups is 1. The average molecular weight is 461 g/mol. The third-order valence-corrected chi connectivity index (χ3v) is 6.81. The summed E-state index contributed by atoms with van der Waals surface area (Å²) in [5.41, 5.74) is 2.47. The summed E-state index contributed by atoms with van der Waals surface area (Å²) >= 11 is 5.64. The van der Waals surface area contributed by atoms with Crippen LogP contribution in [-0.2, 0) is 11.7 Å².